The summed E-state index contributed by atoms with van der Waals surface area (Å²) in [6.45, 7) is -0.499. The molecular formula is C17H14ClFN2O3S. The van der Waals surface area contributed by atoms with Crippen molar-refractivity contribution in [3.8, 4) is 6.07 Å². The Labute approximate surface area is 152 Å². The maximum absolute atomic E-state index is 13.3. The van der Waals surface area contributed by atoms with E-state index in [1.807, 2.05) is 0 Å². The van der Waals surface area contributed by atoms with E-state index in [2.05, 4.69) is 11.4 Å². The molecule has 1 aromatic carbocycles. The molecule has 3 rings (SSSR count). The first-order valence-corrected chi connectivity index (χ1v) is 8.90. The lowest BCUT2D eigenvalue weighted by Gasteiger charge is -2.21. The molecule has 1 saturated carbocycles. The molecule has 1 heterocycles. The maximum Gasteiger partial charge on any atom is 0.350 e. The molecule has 1 N–H and O–H groups in total. The van der Waals surface area contributed by atoms with Crippen molar-refractivity contribution in [1.82, 2.24) is 5.32 Å². The van der Waals surface area contributed by atoms with Crippen LogP contribution in [-0.4, -0.2) is 24.0 Å². The first kappa shape index (κ1) is 17.6. The highest BCUT2D eigenvalue weighted by molar-refractivity contribution is 7.21. The van der Waals surface area contributed by atoms with Crippen molar-refractivity contribution in [3.63, 3.8) is 0 Å². The van der Waals surface area contributed by atoms with E-state index in [0.717, 1.165) is 24.2 Å². The van der Waals surface area contributed by atoms with Crippen LogP contribution in [0.5, 0.6) is 0 Å². The molecule has 1 aliphatic carbocycles. The summed E-state index contributed by atoms with van der Waals surface area (Å²) < 4.78 is 18.8. The molecule has 0 atom stereocenters. The van der Waals surface area contributed by atoms with Gasteiger partial charge in [0.2, 0.25) is 0 Å². The van der Waals surface area contributed by atoms with Gasteiger partial charge in [-0.05, 0) is 43.9 Å². The average molecular weight is 381 g/mol. The number of nitrogens with zero attached hydrogens (tertiary/aromatic N) is 1. The number of benzene rings is 1. The summed E-state index contributed by atoms with van der Waals surface area (Å²) in [6, 6.07) is 6.16. The molecule has 130 valence electrons. The molecule has 0 spiro atoms. The monoisotopic (exact) mass is 380 g/mol. The zero-order valence-corrected chi connectivity index (χ0v) is 14.7. The van der Waals surface area contributed by atoms with Crippen LogP contribution in [0.3, 0.4) is 0 Å². The van der Waals surface area contributed by atoms with Crippen LogP contribution < -0.4 is 5.32 Å². The Bertz CT molecular complexity index is 884. The van der Waals surface area contributed by atoms with Gasteiger partial charge < -0.3 is 10.1 Å². The summed E-state index contributed by atoms with van der Waals surface area (Å²) in [4.78, 5) is 24.3. The average Bonchev–Trinajstić information content (AvgIpc) is 3.18. The molecule has 1 fully saturated rings. The minimum atomic E-state index is -0.865. The quantitative estimate of drug-likeness (QED) is 0.818. The number of carbonyl (C=O) groups excluding carboxylic acids is 2. The molecule has 0 bridgehead atoms. The fourth-order valence-electron chi connectivity index (χ4n) is 2.91. The third-order valence-corrected chi connectivity index (χ3v) is 5.80. The predicted octanol–water partition coefficient (Wildman–Crippen LogP) is 3.80. The first-order chi connectivity index (χ1) is 11.9. The fraction of sp³-hybridized carbons (Fsp3) is 0.353. The van der Waals surface area contributed by atoms with E-state index in [1.165, 1.54) is 18.2 Å². The molecule has 2 aromatic rings. The summed E-state index contributed by atoms with van der Waals surface area (Å²) in [5.41, 5.74) is -0.865. The van der Waals surface area contributed by atoms with Gasteiger partial charge in [-0.3, -0.25) is 4.79 Å². The van der Waals surface area contributed by atoms with E-state index >= 15 is 0 Å². The Morgan fingerprint density at radius 2 is 2.12 bits per heavy atom. The highest BCUT2D eigenvalue weighted by Crippen LogP contribution is 2.36. The van der Waals surface area contributed by atoms with Crippen LogP contribution in [-0.2, 0) is 9.53 Å². The number of halogens is 2. The highest BCUT2D eigenvalue weighted by atomic mass is 35.5. The maximum atomic E-state index is 13.3. The van der Waals surface area contributed by atoms with Crippen molar-refractivity contribution >= 4 is 44.9 Å². The van der Waals surface area contributed by atoms with Gasteiger partial charge >= 0.3 is 5.97 Å². The van der Waals surface area contributed by atoms with E-state index in [4.69, 9.17) is 16.3 Å². The molecule has 1 aromatic heterocycles. The molecule has 1 aliphatic rings. The van der Waals surface area contributed by atoms with Crippen LogP contribution in [0, 0.1) is 17.1 Å². The number of carbonyl (C=O) groups is 2. The Balaban J connectivity index is 1.66. The van der Waals surface area contributed by atoms with Gasteiger partial charge in [-0.25, -0.2) is 9.18 Å². The van der Waals surface area contributed by atoms with Crippen LogP contribution in [0.2, 0.25) is 5.02 Å². The smallest absolute Gasteiger partial charge is 0.350 e. The number of amides is 1. The van der Waals surface area contributed by atoms with E-state index in [0.29, 0.717) is 22.9 Å². The number of thiophene rings is 1. The predicted molar refractivity (Wildman–Crippen MR) is 92.0 cm³/mol. The summed E-state index contributed by atoms with van der Waals surface area (Å²) in [5, 5.41) is 12.6. The van der Waals surface area contributed by atoms with Crippen molar-refractivity contribution in [2.45, 2.75) is 31.2 Å². The first-order valence-electron chi connectivity index (χ1n) is 7.71. The topological polar surface area (TPSA) is 79.2 Å². The summed E-state index contributed by atoms with van der Waals surface area (Å²) in [5.74, 6) is -1.71. The van der Waals surface area contributed by atoms with E-state index < -0.39 is 29.8 Å². The zero-order valence-electron chi connectivity index (χ0n) is 13.1. The number of esters is 1. The van der Waals surface area contributed by atoms with Crippen molar-refractivity contribution in [1.29, 1.82) is 5.26 Å². The molecule has 1 amide bonds. The molecule has 0 unspecified atom stereocenters. The number of nitriles is 1. The highest BCUT2D eigenvalue weighted by Gasteiger charge is 2.35. The van der Waals surface area contributed by atoms with E-state index in [9.17, 15) is 19.2 Å². The van der Waals surface area contributed by atoms with Gasteiger partial charge in [-0.1, -0.05) is 11.6 Å². The summed E-state index contributed by atoms with van der Waals surface area (Å²) in [6.07, 6.45) is 2.94. The van der Waals surface area contributed by atoms with Gasteiger partial charge in [-0.2, -0.15) is 5.26 Å². The minimum absolute atomic E-state index is 0.117. The van der Waals surface area contributed by atoms with Gasteiger partial charge in [-0.15, -0.1) is 11.3 Å². The van der Waals surface area contributed by atoms with Crippen molar-refractivity contribution in [2.24, 2.45) is 0 Å². The van der Waals surface area contributed by atoms with E-state index in [1.54, 1.807) is 0 Å². The van der Waals surface area contributed by atoms with Crippen molar-refractivity contribution in [2.75, 3.05) is 6.61 Å². The lowest BCUT2D eigenvalue weighted by Crippen LogP contribution is -2.46. The van der Waals surface area contributed by atoms with Gasteiger partial charge in [0, 0.05) is 10.1 Å². The fourth-order valence-corrected chi connectivity index (χ4v) is 4.34. The normalized spacial score (nSPS) is 15.7. The van der Waals surface area contributed by atoms with Crippen LogP contribution >= 0.6 is 22.9 Å². The van der Waals surface area contributed by atoms with Crippen LogP contribution in [0.4, 0.5) is 4.39 Å². The van der Waals surface area contributed by atoms with Gasteiger partial charge in [0.1, 0.15) is 16.2 Å². The van der Waals surface area contributed by atoms with Gasteiger partial charge in [0.15, 0.2) is 6.61 Å². The molecule has 25 heavy (non-hydrogen) atoms. The molecule has 0 aliphatic heterocycles. The Morgan fingerprint density at radius 1 is 1.40 bits per heavy atom. The largest absolute Gasteiger partial charge is 0.451 e. The van der Waals surface area contributed by atoms with Gasteiger partial charge in [0.05, 0.1) is 11.1 Å². The second kappa shape index (κ2) is 6.98. The lowest BCUT2D eigenvalue weighted by atomic mass is 10.00. The number of fused-ring (bicyclic) bond motifs is 1. The molecular weight excluding hydrogens is 367 g/mol. The van der Waals surface area contributed by atoms with Crippen LogP contribution in [0.25, 0.3) is 10.1 Å². The molecule has 0 radical (unpaired) electrons. The Morgan fingerprint density at radius 3 is 2.80 bits per heavy atom. The minimum Gasteiger partial charge on any atom is -0.451 e. The number of rotatable bonds is 4. The third-order valence-electron chi connectivity index (χ3n) is 4.16. The SMILES string of the molecule is N#CC1(NC(=O)COC(=O)c2sc3cc(F)ccc3c2Cl)CCCC1. The van der Waals surface area contributed by atoms with E-state index in [-0.39, 0.29) is 9.90 Å². The second-order valence-corrected chi connectivity index (χ2v) is 7.34. The van der Waals surface area contributed by atoms with Crippen LogP contribution in [0.1, 0.15) is 35.4 Å². The molecule has 0 saturated heterocycles. The second-order valence-electron chi connectivity index (χ2n) is 5.91. The van der Waals surface area contributed by atoms with Crippen molar-refractivity contribution in [3.05, 3.63) is 33.9 Å². The number of hydrogen-bond acceptors (Lipinski definition) is 5. The number of hydrogen-bond donors (Lipinski definition) is 1. The summed E-state index contributed by atoms with van der Waals surface area (Å²) in [7, 11) is 0. The Hall–Kier alpha value is -2.17. The van der Waals surface area contributed by atoms with Gasteiger partial charge in [0.25, 0.3) is 5.91 Å². The molecule has 5 nitrogen and oxygen atoms in total. The number of ether oxygens (including phenoxy) is 1. The Kier molecular flexibility index (Phi) is 4.93. The van der Waals surface area contributed by atoms with Crippen LogP contribution in [0.15, 0.2) is 18.2 Å². The third kappa shape index (κ3) is 3.60. The zero-order chi connectivity index (χ0) is 18.0. The molecule has 8 heteroatoms. The van der Waals surface area contributed by atoms with Crippen molar-refractivity contribution < 1.29 is 18.7 Å². The summed E-state index contributed by atoms with van der Waals surface area (Å²) >= 11 is 7.15. The number of nitrogens with one attached hydrogen (secondary N) is 1. The standard InChI is InChI=1S/C17H14ClFN2O3S/c18-14-11-4-3-10(19)7-12(11)25-15(14)16(23)24-8-13(22)21-17(9-20)5-1-2-6-17/h3-4,7H,1-2,5-6,8H2,(H,21,22). The lowest BCUT2D eigenvalue weighted by molar-refractivity contribution is -0.125.